The molecule has 0 bridgehead atoms. The lowest BCUT2D eigenvalue weighted by Crippen LogP contribution is -2.19. The number of nitrogens with one attached hydrogen (secondary N) is 1. The number of hydrogen-bond acceptors (Lipinski definition) is 4. The standard InChI is InChI=1S/C17H24N2O2/c1-3-21-17(20)7-5-4-6-12-19-14(2)16-10-8-15(13-18)9-11-16/h8-11,14,19H,3-7,12H2,1-2H3. The Hall–Kier alpha value is -1.86. The molecule has 0 fully saturated rings. The summed E-state index contributed by atoms with van der Waals surface area (Å²) in [5.41, 5.74) is 1.87. The Morgan fingerprint density at radius 3 is 2.62 bits per heavy atom. The summed E-state index contributed by atoms with van der Waals surface area (Å²) in [5.74, 6) is -0.101. The number of unbranched alkanes of at least 4 members (excludes halogenated alkanes) is 2. The van der Waals surface area contributed by atoms with Crippen LogP contribution >= 0.6 is 0 Å². The lowest BCUT2D eigenvalue weighted by atomic mass is 10.1. The molecule has 0 heterocycles. The second-order valence-electron chi connectivity index (χ2n) is 5.03. The van der Waals surface area contributed by atoms with E-state index in [1.54, 1.807) is 0 Å². The molecule has 4 heteroatoms. The topological polar surface area (TPSA) is 62.1 Å². The largest absolute Gasteiger partial charge is 0.466 e. The minimum atomic E-state index is -0.101. The molecule has 4 nitrogen and oxygen atoms in total. The normalized spacial score (nSPS) is 11.7. The molecule has 0 aliphatic carbocycles. The molecular weight excluding hydrogens is 264 g/mol. The zero-order chi connectivity index (χ0) is 15.5. The van der Waals surface area contributed by atoms with Crippen LogP contribution < -0.4 is 5.32 Å². The van der Waals surface area contributed by atoms with Crippen LogP contribution in [0.1, 0.15) is 56.7 Å². The lowest BCUT2D eigenvalue weighted by Gasteiger charge is -2.14. The van der Waals surface area contributed by atoms with Crippen molar-refractivity contribution in [2.45, 2.75) is 45.6 Å². The summed E-state index contributed by atoms with van der Waals surface area (Å²) >= 11 is 0. The number of rotatable bonds is 9. The second-order valence-corrected chi connectivity index (χ2v) is 5.03. The number of benzene rings is 1. The zero-order valence-corrected chi connectivity index (χ0v) is 12.9. The van der Waals surface area contributed by atoms with Gasteiger partial charge in [0.05, 0.1) is 18.2 Å². The minimum absolute atomic E-state index is 0.101. The quantitative estimate of drug-likeness (QED) is 0.559. The number of carbonyl (C=O) groups excluding carboxylic acids is 1. The van der Waals surface area contributed by atoms with Gasteiger partial charge in [0.15, 0.2) is 0 Å². The molecular formula is C17H24N2O2. The van der Waals surface area contributed by atoms with Crippen LogP contribution in [0.4, 0.5) is 0 Å². The smallest absolute Gasteiger partial charge is 0.305 e. The van der Waals surface area contributed by atoms with Gasteiger partial charge in [-0.2, -0.15) is 5.26 Å². The van der Waals surface area contributed by atoms with Crippen molar-refractivity contribution in [2.24, 2.45) is 0 Å². The molecule has 21 heavy (non-hydrogen) atoms. The predicted octanol–water partition coefficient (Wildman–Crippen LogP) is 3.33. The first-order valence-electron chi connectivity index (χ1n) is 7.56. The van der Waals surface area contributed by atoms with Gasteiger partial charge in [-0.15, -0.1) is 0 Å². The average molecular weight is 288 g/mol. The molecule has 0 aromatic heterocycles. The Morgan fingerprint density at radius 2 is 2.00 bits per heavy atom. The maximum atomic E-state index is 11.2. The highest BCUT2D eigenvalue weighted by atomic mass is 16.5. The molecule has 114 valence electrons. The number of esters is 1. The fraction of sp³-hybridized carbons (Fsp3) is 0.529. The molecule has 1 N–H and O–H groups in total. The molecule has 0 saturated carbocycles. The van der Waals surface area contributed by atoms with Crippen molar-refractivity contribution in [1.29, 1.82) is 5.26 Å². The SMILES string of the molecule is CCOC(=O)CCCCCNC(C)c1ccc(C#N)cc1. The van der Waals surface area contributed by atoms with Crippen molar-refractivity contribution in [3.05, 3.63) is 35.4 Å². The average Bonchev–Trinajstić information content (AvgIpc) is 2.51. The van der Waals surface area contributed by atoms with Crippen LogP contribution in [0.15, 0.2) is 24.3 Å². The Labute approximate surface area is 127 Å². The van der Waals surface area contributed by atoms with Gasteiger partial charge < -0.3 is 10.1 Å². The number of nitriles is 1. The van der Waals surface area contributed by atoms with Crippen LogP contribution in [0.2, 0.25) is 0 Å². The summed E-state index contributed by atoms with van der Waals surface area (Å²) in [6, 6.07) is 10.0. The predicted molar refractivity (Wildman–Crippen MR) is 82.7 cm³/mol. The Bertz CT molecular complexity index is 463. The molecule has 1 aromatic rings. The molecule has 0 radical (unpaired) electrons. The van der Waals surface area contributed by atoms with E-state index in [9.17, 15) is 4.79 Å². The summed E-state index contributed by atoms with van der Waals surface area (Å²) in [7, 11) is 0. The summed E-state index contributed by atoms with van der Waals surface area (Å²) in [5, 5.41) is 12.2. The monoisotopic (exact) mass is 288 g/mol. The number of carbonyl (C=O) groups is 1. The Kier molecular flexibility index (Phi) is 8.15. The second kappa shape index (κ2) is 9.95. The maximum Gasteiger partial charge on any atom is 0.305 e. The first-order valence-corrected chi connectivity index (χ1v) is 7.56. The molecule has 1 aromatic carbocycles. The van der Waals surface area contributed by atoms with E-state index in [2.05, 4.69) is 18.3 Å². The van der Waals surface area contributed by atoms with Gasteiger partial charge >= 0.3 is 5.97 Å². The van der Waals surface area contributed by atoms with Crippen molar-refractivity contribution < 1.29 is 9.53 Å². The van der Waals surface area contributed by atoms with Crippen molar-refractivity contribution in [1.82, 2.24) is 5.32 Å². The van der Waals surface area contributed by atoms with Crippen LogP contribution in [-0.2, 0) is 9.53 Å². The van der Waals surface area contributed by atoms with Crippen LogP contribution in [0.5, 0.6) is 0 Å². The van der Waals surface area contributed by atoms with E-state index in [1.165, 1.54) is 5.56 Å². The van der Waals surface area contributed by atoms with E-state index in [1.807, 2.05) is 31.2 Å². The summed E-state index contributed by atoms with van der Waals surface area (Å²) in [6.07, 6.45) is 3.46. The molecule has 0 saturated heterocycles. The van der Waals surface area contributed by atoms with E-state index in [-0.39, 0.29) is 12.0 Å². The van der Waals surface area contributed by atoms with Gasteiger partial charge in [0.25, 0.3) is 0 Å². The van der Waals surface area contributed by atoms with Crippen LogP contribution in [0.3, 0.4) is 0 Å². The van der Waals surface area contributed by atoms with Gasteiger partial charge in [-0.1, -0.05) is 18.6 Å². The summed E-state index contributed by atoms with van der Waals surface area (Å²) in [4.78, 5) is 11.2. The number of nitrogens with zero attached hydrogens (tertiary/aromatic N) is 1. The molecule has 0 amide bonds. The lowest BCUT2D eigenvalue weighted by molar-refractivity contribution is -0.143. The van der Waals surface area contributed by atoms with E-state index in [0.717, 1.165) is 25.8 Å². The van der Waals surface area contributed by atoms with E-state index in [4.69, 9.17) is 10.00 Å². The van der Waals surface area contributed by atoms with Crippen molar-refractivity contribution >= 4 is 5.97 Å². The maximum absolute atomic E-state index is 11.2. The van der Waals surface area contributed by atoms with Gasteiger partial charge in [0, 0.05) is 12.5 Å². The van der Waals surface area contributed by atoms with Gasteiger partial charge in [-0.25, -0.2) is 0 Å². The first kappa shape index (κ1) is 17.2. The van der Waals surface area contributed by atoms with Crippen molar-refractivity contribution in [3.63, 3.8) is 0 Å². The number of ether oxygens (including phenoxy) is 1. The van der Waals surface area contributed by atoms with Crippen molar-refractivity contribution in [3.8, 4) is 6.07 Å². The molecule has 1 rings (SSSR count). The number of hydrogen-bond donors (Lipinski definition) is 1. The minimum Gasteiger partial charge on any atom is -0.466 e. The third-order valence-electron chi connectivity index (χ3n) is 3.35. The fourth-order valence-electron chi connectivity index (χ4n) is 2.09. The molecule has 0 aliphatic heterocycles. The molecule has 1 atom stereocenters. The van der Waals surface area contributed by atoms with Crippen LogP contribution in [0.25, 0.3) is 0 Å². The Balaban J connectivity index is 2.14. The van der Waals surface area contributed by atoms with E-state index < -0.39 is 0 Å². The summed E-state index contributed by atoms with van der Waals surface area (Å²) in [6.45, 7) is 5.32. The van der Waals surface area contributed by atoms with E-state index in [0.29, 0.717) is 18.6 Å². The molecule has 1 unspecified atom stereocenters. The van der Waals surface area contributed by atoms with Gasteiger partial charge in [0.2, 0.25) is 0 Å². The van der Waals surface area contributed by atoms with Crippen LogP contribution in [-0.4, -0.2) is 19.1 Å². The van der Waals surface area contributed by atoms with Crippen LogP contribution in [0, 0.1) is 11.3 Å². The Morgan fingerprint density at radius 1 is 1.29 bits per heavy atom. The van der Waals surface area contributed by atoms with Gasteiger partial charge in [0.1, 0.15) is 0 Å². The third-order valence-corrected chi connectivity index (χ3v) is 3.35. The van der Waals surface area contributed by atoms with E-state index >= 15 is 0 Å². The highest BCUT2D eigenvalue weighted by Crippen LogP contribution is 2.13. The van der Waals surface area contributed by atoms with Crippen molar-refractivity contribution in [2.75, 3.05) is 13.2 Å². The first-order chi connectivity index (χ1) is 10.2. The third kappa shape index (κ3) is 6.92. The fourth-order valence-corrected chi connectivity index (χ4v) is 2.09. The highest BCUT2D eigenvalue weighted by molar-refractivity contribution is 5.69. The summed E-state index contributed by atoms with van der Waals surface area (Å²) < 4.78 is 4.89. The zero-order valence-electron chi connectivity index (χ0n) is 12.9. The van der Waals surface area contributed by atoms with Gasteiger partial charge in [-0.05, 0) is 50.9 Å². The molecule has 0 aliphatic rings. The molecule has 0 spiro atoms. The highest BCUT2D eigenvalue weighted by Gasteiger charge is 2.05. The van der Waals surface area contributed by atoms with Gasteiger partial charge in [-0.3, -0.25) is 4.79 Å².